The molecule has 7 nitrogen and oxygen atoms in total. The Morgan fingerprint density at radius 3 is 2.89 bits per heavy atom. The van der Waals surface area contributed by atoms with E-state index >= 15 is 0 Å². The summed E-state index contributed by atoms with van der Waals surface area (Å²) in [5.41, 5.74) is 2.24. The van der Waals surface area contributed by atoms with Crippen LogP contribution in [0.1, 0.15) is 62.5 Å². The Balaban J connectivity index is 1.50. The molecule has 0 bridgehead atoms. The minimum atomic E-state index is -0.358. The van der Waals surface area contributed by atoms with Crippen LogP contribution >= 0.6 is 11.6 Å². The van der Waals surface area contributed by atoms with Gasteiger partial charge in [0.2, 0.25) is 5.28 Å². The molecule has 1 saturated carbocycles. The second-order valence-electron chi connectivity index (χ2n) is 8.58. The van der Waals surface area contributed by atoms with Gasteiger partial charge >= 0.3 is 0 Å². The van der Waals surface area contributed by atoms with Gasteiger partial charge in [0.05, 0.1) is 11.8 Å². The van der Waals surface area contributed by atoms with Crippen molar-refractivity contribution in [2.45, 2.75) is 63.4 Å². The average molecular weight is 391 g/mol. The van der Waals surface area contributed by atoms with E-state index in [2.05, 4.69) is 39.3 Å². The quantitative estimate of drug-likeness (QED) is 0.780. The van der Waals surface area contributed by atoms with Crippen molar-refractivity contribution in [2.24, 2.45) is 13.0 Å². The first kappa shape index (κ1) is 18.6. The molecule has 4 rings (SSSR count). The molecule has 3 atom stereocenters. The largest absolute Gasteiger partial charge is 0.393 e. The molecular weight excluding hydrogens is 364 g/mol. The van der Waals surface area contributed by atoms with Gasteiger partial charge in [-0.25, -0.2) is 9.97 Å². The first-order chi connectivity index (χ1) is 12.8. The number of aliphatic hydroxyl groups is 1. The summed E-state index contributed by atoms with van der Waals surface area (Å²) < 4.78 is 1.94. The minimum Gasteiger partial charge on any atom is -0.393 e. The second-order valence-corrected chi connectivity index (χ2v) is 8.92. The number of rotatable bonds is 4. The molecule has 0 unspecified atom stereocenters. The van der Waals surface area contributed by atoms with Crippen molar-refractivity contribution in [2.75, 3.05) is 11.9 Å². The molecule has 146 valence electrons. The maximum Gasteiger partial charge on any atom is 0.224 e. The van der Waals surface area contributed by atoms with Crippen LogP contribution in [-0.4, -0.2) is 42.5 Å². The highest BCUT2D eigenvalue weighted by Gasteiger charge is 2.36. The Hall–Kier alpha value is -1.73. The summed E-state index contributed by atoms with van der Waals surface area (Å²) in [5, 5.41) is 22.5. The molecular formula is C19H27ClN6O. The van der Waals surface area contributed by atoms with Crippen molar-refractivity contribution in [3.63, 3.8) is 0 Å². The van der Waals surface area contributed by atoms with E-state index < -0.39 is 0 Å². The molecule has 2 N–H and O–H groups in total. The van der Waals surface area contributed by atoms with Crippen LogP contribution in [0.2, 0.25) is 5.28 Å². The maximum absolute atomic E-state index is 10.5. The van der Waals surface area contributed by atoms with Crippen LogP contribution in [0.5, 0.6) is 0 Å². The molecule has 27 heavy (non-hydrogen) atoms. The molecule has 0 saturated heterocycles. The number of aliphatic hydroxyl groups excluding tert-OH is 1. The van der Waals surface area contributed by atoms with Gasteiger partial charge in [-0.1, -0.05) is 13.8 Å². The number of nitrogens with one attached hydrogen (secondary N) is 1. The van der Waals surface area contributed by atoms with Gasteiger partial charge in [0.15, 0.2) is 0 Å². The number of nitrogens with zero attached hydrogens (tertiary/aromatic N) is 5. The van der Waals surface area contributed by atoms with Crippen LogP contribution in [-0.2, 0) is 18.9 Å². The van der Waals surface area contributed by atoms with Crippen molar-refractivity contribution in [1.82, 2.24) is 24.7 Å². The van der Waals surface area contributed by atoms with E-state index in [0.717, 1.165) is 43.0 Å². The molecule has 2 aromatic rings. The fourth-order valence-corrected chi connectivity index (χ4v) is 4.82. The number of hydrogen-bond acceptors (Lipinski definition) is 6. The lowest BCUT2D eigenvalue weighted by molar-refractivity contribution is 0.137. The molecule has 0 radical (unpaired) electrons. The van der Waals surface area contributed by atoms with E-state index in [-0.39, 0.29) is 28.6 Å². The molecule has 0 spiro atoms. The molecule has 0 aromatic carbocycles. The second kappa shape index (κ2) is 7.02. The topological polar surface area (TPSA) is 88.8 Å². The van der Waals surface area contributed by atoms with E-state index in [1.165, 1.54) is 5.56 Å². The van der Waals surface area contributed by atoms with Gasteiger partial charge in [0.1, 0.15) is 18.0 Å². The number of anilines is 1. The third-order valence-corrected chi connectivity index (χ3v) is 6.32. The van der Waals surface area contributed by atoms with E-state index in [9.17, 15) is 5.11 Å². The molecule has 0 amide bonds. The summed E-state index contributed by atoms with van der Waals surface area (Å²) in [7, 11) is 1.95. The lowest BCUT2D eigenvalue weighted by Gasteiger charge is -2.32. The lowest BCUT2D eigenvalue weighted by Crippen LogP contribution is -2.28. The number of hydrogen-bond donors (Lipinski definition) is 2. The van der Waals surface area contributed by atoms with Crippen molar-refractivity contribution in [1.29, 1.82) is 0 Å². The SMILES string of the molecule is Cn1cnnc1[C@H]1C[C@H](CNc2nc(Cl)nc3c2CCCC3(C)C)[C@H](O)C1. The summed E-state index contributed by atoms with van der Waals surface area (Å²) >= 11 is 6.21. The van der Waals surface area contributed by atoms with E-state index in [1.54, 1.807) is 6.33 Å². The van der Waals surface area contributed by atoms with Gasteiger partial charge in [-0.15, -0.1) is 10.2 Å². The number of aryl methyl sites for hydroxylation is 1. The van der Waals surface area contributed by atoms with Gasteiger partial charge < -0.3 is 15.0 Å². The van der Waals surface area contributed by atoms with Gasteiger partial charge in [-0.3, -0.25) is 0 Å². The Labute approximate surface area is 164 Å². The van der Waals surface area contributed by atoms with Gasteiger partial charge in [0, 0.05) is 36.4 Å². The summed E-state index contributed by atoms with van der Waals surface area (Å²) in [6.45, 7) is 5.09. The predicted molar refractivity (Wildman–Crippen MR) is 104 cm³/mol. The summed E-state index contributed by atoms with van der Waals surface area (Å²) in [6.07, 6.45) is 6.15. The standard InChI is InChI=1S/C19H27ClN6O/c1-19(2)6-4-5-13-15(19)23-18(20)24-16(13)21-9-12-7-11(8-14(12)27)17-25-22-10-26(17)3/h10-12,14,27H,4-9H2,1-3H3,(H,21,23,24)/t11-,12+,14+/m0/s1. The zero-order valence-corrected chi connectivity index (χ0v) is 16.9. The fourth-order valence-electron chi connectivity index (χ4n) is 4.65. The number of fused-ring (bicyclic) bond motifs is 1. The Morgan fingerprint density at radius 2 is 2.15 bits per heavy atom. The first-order valence-electron chi connectivity index (χ1n) is 9.68. The summed E-state index contributed by atoms with van der Waals surface area (Å²) in [5.74, 6) is 2.15. The van der Waals surface area contributed by atoms with E-state index in [1.807, 2.05) is 11.6 Å². The van der Waals surface area contributed by atoms with Gasteiger partial charge in [0.25, 0.3) is 0 Å². The zero-order valence-electron chi connectivity index (χ0n) is 16.1. The van der Waals surface area contributed by atoms with Crippen molar-refractivity contribution < 1.29 is 5.11 Å². The summed E-state index contributed by atoms with van der Waals surface area (Å²) in [4.78, 5) is 8.98. The fraction of sp³-hybridized carbons (Fsp3) is 0.684. The Kier molecular flexibility index (Phi) is 4.84. The van der Waals surface area contributed by atoms with Crippen LogP contribution in [0.25, 0.3) is 0 Å². The summed E-state index contributed by atoms with van der Waals surface area (Å²) in [6, 6.07) is 0. The van der Waals surface area contributed by atoms with Crippen LogP contribution in [0.15, 0.2) is 6.33 Å². The zero-order chi connectivity index (χ0) is 19.2. The average Bonchev–Trinajstić information content (AvgIpc) is 3.18. The Bertz CT molecular complexity index is 836. The monoisotopic (exact) mass is 390 g/mol. The van der Waals surface area contributed by atoms with Gasteiger partial charge in [-0.2, -0.15) is 0 Å². The van der Waals surface area contributed by atoms with E-state index in [0.29, 0.717) is 13.0 Å². The molecule has 1 fully saturated rings. The molecule has 2 aliphatic carbocycles. The minimum absolute atomic E-state index is 0.0137. The van der Waals surface area contributed by atoms with Crippen LogP contribution in [0.4, 0.5) is 5.82 Å². The van der Waals surface area contributed by atoms with Crippen molar-refractivity contribution >= 4 is 17.4 Å². The van der Waals surface area contributed by atoms with Crippen molar-refractivity contribution in [3.05, 3.63) is 28.7 Å². The maximum atomic E-state index is 10.5. The number of halogens is 1. The van der Waals surface area contributed by atoms with Gasteiger partial charge in [-0.05, 0) is 43.7 Å². The molecule has 2 aliphatic rings. The lowest BCUT2D eigenvalue weighted by atomic mass is 9.76. The Morgan fingerprint density at radius 1 is 1.33 bits per heavy atom. The smallest absolute Gasteiger partial charge is 0.224 e. The van der Waals surface area contributed by atoms with E-state index in [4.69, 9.17) is 11.6 Å². The van der Waals surface area contributed by atoms with Crippen LogP contribution in [0, 0.1) is 5.92 Å². The molecule has 0 aliphatic heterocycles. The van der Waals surface area contributed by atoms with Crippen LogP contribution < -0.4 is 5.32 Å². The van der Waals surface area contributed by atoms with Crippen molar-refractivity contribution in [3.8, 4) is 0 Å². The first-order valence-corrected chi connectivity index (χ1v) is 10.1. The normalized spacial score (nSPS) is 26.8. The highest BCUT2D eigenvalue weighted by molar-refractivity contribution is 6.28. The number of aromatic nitrogens is 5. The highest BCUT2D eigenvalue weighted by Crippen LogP contribution is 2.40. The molecule has 2 heterocycles. The van der Waals surface area contributed by atoms with Crippen LogP contribution in [0.3, 0.4) is 0 Å². The molecule has 2 aromatic heterocycles. The third kappa shape index (κ3) is 3.55. The highest BCUT2D eigenvalue weighted by atomic mass is 35.5. The third-order valence-electron chi connectivity index (χ3n) is 6.15. The molecule has 8 heteroatoms. The predicted octanol–water partition coefficient (Wildman–Crippen LogP) is 2.84.